The molecule has 2 aromatic carbocycles. The Labute approximate surface area is 182 Å². The van der Waals surface area contributed by atoms with Gasteiger partial charge in [0.15, 0.2) is 0 Å². The summed E-state index contributed by atoms with van der Waals surface area (Å²) in [4.78, 5) is 16.7. The first-order valence-electron chi connectivity index (χ1n) is 8.89. The number of aromatic nitrogens is 2. The molecule has 2 aromatic heterocycles. The van der Waals surface area contributed by atoms with Gasteiger partial charge in [0.05, 0.1) is 22.0 Å². The number of benzene rings is 2. The first-order chi connectivity index (χ1) is 13.9. The summed E-state index contributed by atoms with van der Waals surface area (Å²) in [5, 5.41) is 4.12. The van der Waals surface area contributed by atoms with Crippen LogP contribution in [0.4, 0.5) is 0 Å². The van der Waals surface area contributed by atoms with Gasteiger partial charge in [0.25, 0.3) is 5.91 Å². The minimum absolute atomic E-state index is 0.458. The Kier molecular flexibility index (Phi) is 5.46. The van der Waals surface area contributed by atoms with Crippen LogP contribution in [-0.4, -0.2) is 15.5 Å². The highest BCUT2D eigenvalue weighted by atomic mass is 35.5. The first-order valence-corrected chi connectivity index (χ1v) is 10.5. The lowest BCUT2D eigenvalue weighted by molar-refractivity contribution is 0.0999. The van der Waals surface area contributed by atoms with Crippen molar-refractivity contribution < 1.29 is 4.79 Å². The van der Waals surface area contributed by atoms with E-state index in [1.54, 1.807) is 6.07 Å². The summed E-state index contributed by atoms with van der Waals surface area (Å²) in [7, 11) is 0. The Morgan fingerprint density at radius 3 is 2.55 bits per heavy atom. The van der Waals surface area contributed by atoms with Crippen molar-refractivity contribution in [2.75, 3.05) is 0 Å². The predicted molar refractivity (Wildman–Crippen MR) is 120 cm³/mol. The van der Waals surface area contributed by atoms with Crippen LogP contribution >= 0.6 is 34.5 Å². The number of carbonyl (C=O) groups excluding carboxylic acids is 1. The number of halogens is 2. The van der Waals surface area contributed by atoms with Crippen LogP contribution in [0.2, 0.25) is 10.0 Å². The molecule has 7 heteroatoms. The van der Waals surface area contributed by atoms with Crippen molar-refractivity contribution in [2.24, 2.45) is 5.73 Å². The van der Waals surface area contributed by atoms with E-state index in [-0.39, 0.29) is 0 Å². The number of amides is 1. The Balaban J connectivity index is 1.79. The third-order valence-electron chi connectivity index (χ3n) is 4.76. The number of hydrogen-bond donors (Lipinski definition) is 1. The van der Waals surface area contributed by atoms with E-state index in [0.29, 0.717) is 22.2 Å². The highest BCUT2D eigenvalue weighted by molar-refractivity contribution is 7.13. The van der Waals surface area contributed by atoms with E-state index >= 15 is 0 Å². The lowest BCUT2D eigenvalue weighted by Crippen LogP contribution is -2.12. The summed E-state index contributed by atoms with van der Waals surface area (Å²) >= 11 is 13.8. The average molecular weight is 442 g/mol. The second kappa shape index (κ2) is 8.03. The molecule has 0 saturated carbocycles. The fraction of sp³-hybridized carbons (Fsp3) is 0.0909. The summed E-state index contributed by atoms with van der Waals surface area (Å²) in [5.41, 5.74) is 10.4. The Bertz CT molecular complexity index is 1200. The van der Waals surface area contributed by atoms with Gasteiger partial charge in [-0.2, -0.15) is 0 Å². The number of primary amides is 1. The average Bonchev–Trinajstić information content (AvgIpc) is 3.29. The van der Waals surface area contributed by atoms with E-state index in [4.69, 9.17) is 33.9 Å². The van der Waals surface area contributed by atoms with Crippen molar-refractivity contribution in [2.45, 2.75) is 13.5 Å². The number of hydrogen-bond acceptors (Lipinski definition) is 3. The molecule has 0 atom stereocenters. The van der Waals surface area contributed by atoms with E-state index < -0.39 is 5.91 Å². The quantitative estimate of drug-likeness (QED) is 0.410. The summed E-state index contributed by atoms with van der Waals surface area (Å²) in [6.45, 7) is 2.46. The molecule has 0 aliphatic carbocycles. The van der Waals surface area contributed by atoms with Crippen LogP contribution in [0.5, 0.6) is 0 Å². The van der Waals surface area contributed by atoms with Crippen LogP contribution in [0.25, 0.3) is 22.0 Å². The van der Waals surface area contributed by atoms with Gasteiger partial charge in [-0.3, -0.25) is 4.79 Å². The molecule has 1 amide bonds. The Hall–Kier alpha value is -2.60. The van der Waals surface area contributed by atoms with Gasteiger partial charge in [0.2, 0.25) is 0 Å². The molecule has 0 spiro atoms. The normalized spacial score (nSPS) is 11.0. The van der Waals surface area contributed by atoms with Crippen LogP contribution in [0, 0.1) is 6.92 Å². The van der Waals surface area contributed by atoms with Gasteiger partial charge in [-0.05, 0) is 36.8 Å². The van der Waals surface area contributed by atoms with Crippen LogP contribution in [0.1, 0.15) is 21.6 Å². The largest absolute Gasteiger partial charge is 0.366 e. The molecule has 0 radical (unpaired) electrons. The summed E-state index contributed by atoms with van der Waals surface area (Å²) in [6, 6.07) is 17.0. The van der Waals surface area contributed by atoms with Gasteiger partial charge < -0.3 is 10.3 Å². The summed E-state index contributed by atoms with van der Waals surface area (Å²) in [5.74, 6) is -0.458. The van der Waals surface area contributed by atoms with Gasteiger partial charge in [0, 0.05) is 28.2 Å². The zero-order valence-corrected chi connectivity index (χ0v) is 17.9. The minimum atomic E-state index is -0.458. The molecular formula is C22H17Cl2N3OS. The van der Waals surface area contributed by atoms with Gasteiger partial charge >= 0.3 is 0 Å². The summed E-state index contributed by atoms with van der Waals surface area (Å²) < 4.78 is 2.05. The van der Waals surface area contributed by atoms with Crippen molar-refractivity contribution in [1.29, 1.82) is 0 Å². The second-order valence-corrected chi connectivity index (χ2v) is 8.33. The number of nitrogens with two attached hydrogens (primary N) is 1. The van der Waals surface area contributed by atoms with Gasteiger partial charge in [-0.15, -0.1) is 11.3 Å². The Morgan fingerprint density at radius 2 is 1.86 bits per heavy atom. The van der Waals surface area contributed by atoms with Crippen molar-refractivity contribution in [3.05, 3.63) is 86.8 Å². The van der Waals surface area contributed by atoms with Crippen molar-refractivity contribution in [3.8, 4) is 22.0 Å². The standard InChI is InChI=1S/C22H17Cl2N3OS/c1-13-17(21(25)28)10-20(27(13)11-14-6-8-15(23)9-7-14)19-12-29-22(26-19)16-4-2-3-5-18(16)24/h2-10,12H,11H2,1H3,(H2,25,28). The first kappa shape index (κ1) is 19.7. The summed E-state index contributed by atoms with van der Waals surface area (Å²) in [6.07, 6.45) is 0. The van der Waals surface area contributed by atoms with Gasteiger partial charge in [-0.1, -0.05) is 53.5 Å². The molecule has 146 valence electrons. The maximum absolute atomic E-state index is 11.9. The van der Waals surface area contributed by atoms with E-state index in [0.717, 1.165) is 33.2 Å². The minimum Gasteiger partial charge on any atom is -0.366 e. The highest BCUT2D eigenvalue weighted by Gasteiger charge is 2.19. The molecule has 2 heterocycles. The van der Waals surface area contributed by atoms with Crippen LogP contribution in [0.15, 0.2) is 60.0 Å². The lowest BCUT2D eigenvalue weighted by Gasteiger charge is -2.11. The molecule has 4 rings (SSSR count). The fourth-order valence-electron chi connectivity index (χ4n) is 3.23. The van der Waals surface area contributed by atoms with Crippen molar-refractivity contribution in [3.63, 3.8) is 0 Å². The van der Waals surface area contributed by atoms with Crippen LogP contribution < -0.4 is 5.73 Å². The van der Waals surface area contributed by atoms with Gasteiger partial charge in [-0.25, -0.2) is 4.98 Å². The maximum atomic E-state index is 11.9. The zero-order valence-electron chi connectivity index (χ0n) is 15.5. The van der Waals surface area contributed by atoms with Crippen molar-refractivity contribution in [1.82, 2.24) is 9.55 Å². The van der Waals surface area contributed by atoms with Crippen molar-refractivity contribution >= 4 is 40.4 Å². The number of carbonyl (C=O) groups is 1. The molecule has 29 heavy (non-hydrogen) atoms. The SMILES string of the molecule is Cc1c(C(N)=O)cc(-c2csc(-c3ccccc3Cl)n2)n1Cc1ccc(Cl)cc1. The predicted octanol–water partition coefficient (Wildman–Crippen LogP) is 6.04. The smallest absolute Gasteiger partial charge is 0.250 e. The van der Waals surface area contributed by atoms with Gasteiger partial charge in [0.1, 0.15) is 5.01 Å². The van der Waals surface area contributed by atoms with E-state index in [1.165, 1.54) is 11.3 Å². The molecule has 0 aliphatic heterocycles. The fourth-order valence-corrected chi connectivity index (χ4v) is 4.49. The molecule has 0 bridgehead atoms. The highest BCUT2D eigenvalue weighted by Crippen LogP contribution is 2.34. The van der Waals surface area contributed by atoms with E-state index in [9.17, 15) is 4.79 Å². The number of nitrogens with zero attached hydrogens (tertiary/aromatic N) is 2. The third kappa shape index (κ3) is 3.94. The number of thiazole rings is 1. The molecule has 2 N–H and O–H groups in total. The Morgan fingerprint density at radius 1 is 1.14 bits per heavy atom. The number of rotatable bonds is 5. The molecule has 0 aliphatic rings. The lowest BCUT2D eigenvalue weighted by atomic mass is 10.2. The van der Waals surface area contributed by atoms with E-state index in [2.05, 4.69) is 4.57 Å². The topological polar surface area (TPSA) is 60.9 Å². The monoisotopic (exact) mass is 441 g/mol. The van der Waals surface area contributed by atoms with Crippen LogP contribution in [-0.2, 0) is 6.54 Å². The molecule has 0 unspecified atom stereocenters. The second-order valence-electron chi connectivity index (χ2n) is 6.62. The van der Waals surface area contributed by atoms with E-state index in [1.807, 2.05) is 60.8 Å². The molecule has 4 aromatic rings. The van der Waals surface area contributed by atoms with Crippen LogP contribution in [0.3, 0.4) is 0 Å². The maximum Gasteiger partial charge on any atom is 0.250 e. The molecule has 0 fully saturated rings. The third-order valence-corrected chi connectivity index (χ3v) is 6.21. The molecule has 0 saturated heterocycles. The molecular weight excluding hydrogens is 425 g/mol. The zero-order chi connectivity index (χ0) is 20.5. The molecule has 4 nitrogen and oxygen atoms in total.